The normalized spacial score (nSPS) is 16.0. The number of non-ortho nitro benzene ring substituents is 1. The molecule has 1 aliphatic rings. The van der Waals surface area contributed by atoms with E-state index in [0.29, 0.717) is 13.0 Å². The number of nitro benzene ring substituents is 1. The Morgan fingerprint density at radius 1 is 0.875 bits per heavy atom. The van der Waals surface area contributed by atoms with Crippen molar-refractivity contribution >= 4 is 46.7 Å². The lowest BCUT2D eigenvalue weighted by Crippen LogP contribution is -2.59. The summed E-state index contributed by atoms with van der Waals surface area (Å²) < 4.78 is 0. The van der Waals surface area contributed by atoms with E-state index >= 15 is 0 Å². The van der Waals surface area contributed by atoms with E-state index in [2.05, 4.69) is 21.3 Å². The Morgan fingerprint density at radius 3 is 1.94 bits per heavy atom. The predicted octanol–water partition coefficient (Wildman–Crippen LogP) is 4.40. The van der Waals surface area contributed by atoms with Gasteiger partial charge in [-0.05, 0) is 36.5 Å². The molecule has 1 fully saturated rings. The van der Waals surface area contributed by atoms with Crippen molar-refractivity contribution in [2.45, 2.75) is 64.3 Å². The van der Waals surface area contributed by atoms with Crippen LogP contribution in [0.2, 0.25) is 5.02 Å². The minimum atomic E-state index is -1.13. The molecular formula is C34H39ClN6O7. The maximum absolute atomic E-state index is 14.0. The van der Waals surface area contributed by atoms with Crippen LogP contribution in [-0.2, 0) is 32.1 Å². The zero-order valence-corrected chi connectivity index (χ0v) is 27.6. The van der Waals surface area contributed by atoms with Crippen LogP contribution in [0, 0.1) is 16.0 Å². The summed E-state index contributed by atoms with van der Waals surface area (Å²) in [5, 5.41) is 23.2. The van der Waals surface area contributed by atoms with Gasteiger partial charge in [-0.3, -0.25) is 29.3 Å². The van der Waals surface area contributed by atoms with Crippen molar-refractivity contribution in [3.63, 3.8) is 0 Å². The number of nitrogens with one attached hydrogen (secondary N) is 4. The highest BCUT2D eigenvalue weighted by Gasteiger charge is 2.34. The second-order valence-electron chi connectivity index (χ2n) is 11.9. The quantitative estimate of drug-likeness (QED) is 0.153. The van der Waals surface area contributed by atoms with Crippen molar-refractivity contribution in [1.29, 1.82) is 0 Å². The highest BCUT2D eigenvalue weighted by atomic mass is 35.5. The molecule has 0 spiro atoms. The molecule has 4 atom stereocenters. The standard InChI is InChI=1S/C34H39ClN6O7/c1-21(2)30(39-34(45)40-17-16-22(3)48-40)33(44)38-29(19-24-12-8-5-9-13-24)32(43)37-28(18-23-10-6-4-7-11-23)31(42)36-27-15-14-25(41(46)47)20-26(27)35/h4-15,20-22,28-30H,16-19H2,1-3H3,(H,36,42)(H,37,43)(H,38,44)(H,39,45)/t22?,28-,29-,30-/m0/s1. The summed E-state index contributed by atoms with van der Waals surface area (Å²) in [7, 11) is 0. The molecule has 1 unspecified atom stereocenters. The molecule has 14 heteroatoms. The van der Waals surface area contributed by atoms with E-state index in [1.165, 1.54) is 17.2 Å². The molecule has 48 heavy (non-hydrogen) atoms. The number of carbonyl (C=O) groups excluding carboxylic acids is 4. The molecule has 0 aliphatic carbocycles. The summed E-state index contributed by atoms with van der Waals surface area (Å²) in [6.07, 6.45) is 0.726. The first-order valence-electron chi connectivity index (χ1n) is 15.6. The first-order valence-corrected chi connectivity index (χ1v) is 16.0. The first-order chi connectivity index (χ1) is 22.9. The van der Waals surface area contributed by atoms with Crippen LogP contribution >= 0.6 is 11.6 Å². The highest BCUT2D eigenvalue weighted by Crippen LogP contribution is 2.27. The lowest BCUT2D eigenvalue weighted by Gasteiger charge is -2.28. The summed E-state index contributed by atoms with van der Waals surface area (Å²) in [5.41, 5.74) is 1.38. The molecule has 13 nitrogen and oxygen atoms in total. The highest BCUT2D eigenvalue weighted by molar-refractivity contribution is 6.34. The fraction of sp³-hybridized carbons (Fsp3) is 0.353. The molecule has 3 aromatic carbocycles. The number of amides is 5. The summed E-state index contributed by atoms with van der Waals surface area (Å²) in [4.78, 5) is 70.2. The van der Waals surface area contributed by atoms with Crippen LogP contribution < -0.4 is 21.3 Å². The van der Waals surface area contributed by atoms with E-state index in [4.69, 9.17) is 16.4 Å². The zero-order valence-electron chi connectivity index (χ0n) is 26.9. The van der Waals surface area contributed by atoms with Crippen LogP contribution in [0.15, 0.2) is 78.9 Å². The molecule has 0 saturated carbocycles. The van der Waals surface area contributed by atoms with Crippen molar-refractivity contribution in [1.82, 2.24) is 21.0 Å². The average molecular weight is 679 g/mol. The van der Waals surface area contributed by atoms with Crippen LogP contribution in [0.4, 0.5) is 16.2 Å². The fourth-order valence-corrected chi connectivity index (χ4v) is 5.32. The molecule has 4 rings (SSSR count). The minimum absolute atomic E-state index is 0.0490. The molecule has 1 heterocycles. The summed E-state index contributed by atoms with van der Waals surface area (Å²) >= 11 is 6.23. The Hall–Kier alpha value is -5.01. The third-order valence-corrected chi connectivity index (χ3v) is 8.07. The van der Waals surface area contributed by atoms with Gasteiger partial charge in [0.05, 0.1) is 28.3 Å². The van der Waals surface area contributed by atoms with Gasteiger partial charge in [0, 0.05) is 25.0 Å². The Balaban J connectivity index is 1.56. The van der Waals surface area contributed by atoms with E-state index in [-0.39, 0.29) is 41.3 Å². The lowest BCUT2D eigenvalue weighted by molar-refractivity contribution is -0.384. The van der Waals surface area contributed by atoms with Gasteiger partial charge in [-0.2, -0.15) is 0 Å². The maximum atomic E-state index is 14.0. The summed E-state index contributed by atoms with van der Waals surface area (Å²) in [5.74, 6) is -2.18. The molecule has 1 saturated heterocycles. The number of nitrogens with zero attached hydrogens (tertiary/aromatic N) is 2. The van der Waals surface area contributed by atoms with Crippen molar-refractivity contribution in [2.24, 2.45) is 5.92 Å². The molecule has 3 aromatic rings. The van der Waals surface area contributed by atoms with Crippen LogP contribution in [0.5, 0.6) is 0 Å². The van der Waals surface area contributed by atoms with Gasteiger partial charge < -0.3 is 21.3 Å². The molecule has 4 N–H and O–H groups in total. The SMILES string of the molecule is CC1CCN(C(=O)N[C@H](C(=O)N[C@@H](Cc2ccccc2)C(=O)N[C@@H](Cc2ccccc2)C(=O)Nc2ccc([N+](=O)[O-])cc2Cl)C(C)C)O1. The van der Waals surface area contributed by atoms with E-state index in [0.717, 1.165) is 17.2 Å². The second kappa shape index (κ2) is 16.7. The Bertz CT molecular complexity index is 1610. The Morgan fingerprint density at radius 2 is 1.44 bits per heavy atom. The number of rotatable bonds is 13. The molecule has 5 amide bonds. The second-order valence-corrected chi connectivity index (χ2v) is 12.3. The largest absolute Gasteiger partial charge is 0.342 e. The monoisotopic (exact) mass is 678 g/mol. The van der Waals surface area contributed by atoms with Gasteiger partial charge in [0.15, 0.2) is 0 Å². The van der Waals surface area contributed by atoms with Crippen molar-refractivity contribution < 1.29 is 28.9 Å². The number of urea groups is 1. The zero-order chi connectivity index (χ0) is 34.8. The van der Waals surface area contributed by atoms with Gasteiger partial charge in [-0.15, -0.1) is 0 Å². The van der Waals surface area contributed by atoms with Gasteiger partial charge in [0.25, 0.3) is 5.69 Å². The number of hydrogen-bond acceptors (Lipinski definition) is 7. The predicted molar refractivity (Wildman–Crippen MR) is 180 cm³/mol. The smallest absolute Gasteiger partial charge is 0.341 e. The summed E-state index contributed by atoms with van der Waals surface area (Å²) in [6, 6.07) is 17.9. The van der Waals surface area contributed by atoms with Crippen molar-refractivity contribution in [3.05, 3.63) is 105 Å². The number of anilines is 1. The van der Waals surface area contributed by atoms with E-state index in [1.807, 2.05) is 31.2 Å². The number of benzene rings is 3. The van der Waals surface area contributed by atoms with Crippen molar-refractivity contribution in [2.75, 3.05) is 11.9 Å². The number of hydroxylamine groups is 2. The molecule has 254 valence electrons. The maximum Gasteiger partial charge on any atom is 0.341 e. The van der Waals surface area contributed by atoms with Gasteiger partial charge in [-0.25, -0.2) is 9.86 Å². The summed E-state index contributed by atoms with van der Waals surface area (Å²) in [6.45, 7) is 5.77. The van der Waals surface area contributed by atoms with Gasteiger partial charge in [0.2, 0.25) is 17.7 Å². The molecule has 0 aromatic heterocycles. The average Bonchev–Trinajstić information content (AvgIpc) is 3.50. The fourth-order valence-electron chi connectivity index (χ4n) is 5.10. The molecule has 1 aliphatic heterocycles. The van der Waals surface area contributed by atoms with Crippen LogP contribution in [-0.4, -0.2) is 64.5 Å². The van der Waals surface area contributed by atoms with Crippen LogP contribution in [0.3, 0.4) is 0 Å². The first kappa shape index (κ1) is 35.8. The number of nitro groups is 1. The number of halogens is 1. The third kappa shape index (κ3) is 9.99. The van der Waals surface area contributed by atoms with Crippen molar-refractivity contribution in [3.8, 4) is 0 Å². The number of hydrogen-bond donors (Lipinski definition) is 4. The third-order valence-electron chi connectivity index (χ3n) is 7.75. The van der Waals surface area contributed by atoms with E-state index in [1.54, 1.807) is 50.2 Å². The van der Waals surface area contributed by atoms with Crippen LogP contribution in [0.1, 0.15) is 38.3 Å². The van der Waals surface area contributed by atoms with Crippen LogP contribution in [0.25, 0.3) is 0 Å². The van der Waals surface area contributed by atoms with E-state index in [9.17, 15) is 29.3 Å². The van der Waals surface area contributed by atoms with Gasteiger partial charge in [0.1, 0.15) is 18.1 Å². The lowest BCUT2D eigenvalue weighted by atomic mass is 10.00. The number of carbonyl (C=O) groups is 4. The van der Waals surface area contributed by atoms with Gasteiger partial charge >= 0.3 is 6.03 Å². The topological polar surface area (TPSA) is 172 Å². The molecule has 0 bridgehead atoms. The Kier molecular flexibility index (Phi) is 12.5. The van der Waals surface area contributed by atoms with Gasteiger partial charge in [-0.1, -0.05) is 86.1 Å². The molecule has 0 radical (unpaired) electrons. The minimum Gasteiger partial charge on any atom is -0.342 e. The Labute approximate surface area is 283 Å². The molecular weight excluding hydrogens is 640 g/mol. The van der Waals surface area contributed by atoms with E-state index < -0.39 is 46.8 Å².